The lowest BCUT2D eigenvalue weighted by Crippen LogP contribution is -1.95. The van der Waals surface area contributed by atoms with Crippen molar-refractivity contribution in [2.24, 2.45) is 7.05 Å². The molecule has 0 aliphatic carbocycles. The zero-order chi connectivity index (χ0) is 10.1. The Morgan fingerprint density at radius 2 is 2.43 bits per heavy atom. The topological polar surface area (TPSA) is 94.0 Å². The molecule has 0 saturated heterocycles. The number of rotatable bonds is 2. The zero-order valence-corrected chi connectivity index (χ0v) is 7.21. The molecule has 2 aromatic rings. The molecule has 2 aromatic heterocycles. The van der Waals surface area contributed by atoms with Crippen LogP contribution in [-0.4, -0.2) is 31.2 Å². The van der Waals surface area contributed by atoms with Crippen LogP contribution < -0.4 is 0 Å². The number of aryl methyl sites for hydroxylation is 1. The maximum atomic E-state index is 10.5. The number of carbonyl (C=O) groups is 1. The van der Waals surface area contributed by atoms with E-state index in [9.17, 15) is 4.79 Å². The molecule has 2 heterocycles. The number of hydrogen-bond donors (Lipinski definition) is 1. The Bertz CT molecular complexity index is 473. The van der Waals surface area contributed by atoms with Gasteiger partial charge in [0.05, 0.1) is 6.20 Å². The SMILES string of the molecule is Cn1nncc1-c1cc(C(=O)O)no1. The van der Waals surface area contributed by atoms with Crippen LogP contribution in [0.2, 0.25) is 0 Å². The van der Waals surface area contributed by atoms with E-state index in [1.54, 1.807) is 7.05 Å². The number of aromatic carboxylic acids is 1. The third-order valence-corrected chi connectivity index (χ3v) is 1.70. The molecule has 0 atom stereocenters. The van der Waals surface area contributed by atoms with Crippen LogP contribution in [0.25, 0.3) is 11.5 Å². The van der Waals surface area contributed by atoms with E-state index < -0.39 is 5.97 Å². The second-order valence-corrected chi connectivity index (χ2v) is 2.62. The largest absolute Gasteiger partial charge is 0.476 e. The molecule has 0 spiro atoms. The first-order valence-electron chi connectivity index (χ1n) is 3.73. The molecule has 0 fully saturated rings. The highest BCUT2D eigenvalue weighted by Gasteiger charge is 2.14. The monoisotopic (exact) mass is 194 g/mol. The summed E-state index contributed by atoms with van der Waals surface area (Å²) in [7, 11) is 1.67. The molecule has 72 valence electrons. The van der Waals surface area contributed by atoms with Gasteiger partial charge in [-0.2, -0.15) is 0 Å². The molecule has 7 nitrogen and oxygen atoms in total. The second-order valence-electron chi connectivity index (χ2n) is 2.62. The summed E-state index contributed by atoms with van der Waals surface area (Å²) in [6, 6.07) is 1.32. The van der Waals surface area contributed by atoms with Gasteiger partial charge in [-0.25, -0.2) is 9.48 Å². The Kier molecular flexibility index (Phi) is 1.77. The summed E-state index contributed by atoms with van der Waals surface area (Å²) >= 11 is 0. The Labute approximate surface area is 77.9 Å². The molecule has 0 radical (unpaired) electrons. The first-order chi connectivity index (χ1) is 6.68. The van der Waals surface area contributed by atoms with Gasteiger partial charge < -0.3 is 9.63 Å². The minimum atomic E-state index is -1.13. The summed E-state index contributed by atoms with van der Waals surface area (Å²) < 4.78 is 6.28. The van der Waals surface area contributed by atoms with Gasteiger partial charge in [0.25, 0.3) is 0 Å². The standard InChI is InChI=1S/C7H6N4O3/c1-11-5(3-8-10-11)6-2-4(7(12)13)9-14-6/h2-3H,1H3,(H,12,13). The zero-order valence-electron chi connectivity index (χ0n) is 7.21. The quantitative estimate of drug-likeness (QED) is 0.732. The van der Waals surface area contributed by atoms with E-state index >= 15 is 0 Å². The summed E-state index contributed by atoms with van der Waals surface area (Å²) in [5, 5.41) is 19.3. The molecule has 0 amide bonds. The summed E-state index contributed by atoms with van der Waals surface area (Å²) in [4.78, 5) is 10.5. The van der Waals surface area contributed by atoms with Crippen molar-refractivity contribution in [2.45, 2.75) is 0 Å². The van der Waals surface area contributed by atoms with Gasteiger partial charge in [-0.05, 0) is 0 Å². The minimum Gasteiger partial charge on any atom is -0.476 e. The van der Waals surface area contributed by atoms with Crippen LogP contribution in [-0.2, 0) is 7.05 Å². The van der Waals surface area contributed by atoms with Gasteiger partial charge in [0.1, 0.15) is 5.69 Å². The van der Waals surface area contributed by atoms with Crippen molar-refractivity contribution in [3.05, 3.63) is 18.0 Å². The fraction of sp³-hybridized carbons (Fsp3) is 0.143. The van der Waals surface area contributed by atoms with Crippen molar-refractivity contribution < 1.29 is 14.4 Å². The van der Waals surface area contributed by atoms with Crippen molar-refractivity contribution in [2.75, 3.05) is 0 Å². The van der Waals surface area contributed by atoms with Gasteiger partial charge in [-0.15, -0.1) is 5.10 Å². The highest BCUT2D eigenvalue weighted by molar-refractivity contribution is 5.86. The van der Waals surface area contributed by atoms with Crippen LogP contribution in [0.1, 0.15) is 10.5 Å². The van der Waals surface area contributed by atoms with E-state index in [1.807, 2.05) is 0 Å². The fourth-order valence-electron chi connectivity index (χ4n) is 1.01. The molecule has 0 saturated carbocycles. The van der Waals surface area contributed by atoms with Crippen LogP contribution in [0.3, 0.4) is 0 Å². The molecular weight excluding hydrogens is 188 g/mol. The van der Waals surface area contributed by atoms with Crippen molar-refractivity contribution in [1.82, 2.24) is 20.2 Å². The van der Waals surface area contributed by atoms with E-state index in [-0.39, 0.29) is 5.69 Å². The lowest BCUT2D eigenvalue weighted by atomic mass is 10.3. The van der Waals surface area contributed by atoms with Crippen LogP contribution in [0, 0.1) is 0 Å². The number of carboxylic acids is 1. The van der Waals surface area contributed by atoms with Crippen LogP contribution >= 0.6 is 0 Å². The fourth-order valence-corrected chi connectivity index (χ4v) is 1.01. The molecule has 14 heavy (non-hydrogen) atoms. The second kappa shape index (κ2) is 2.95. The van der Waals surface area contributed by atoms with Crippen LogP contribution in [0.4, 0.5) is 0 Å². The summed E-state index contributed by atoms with van der Waals surface area (Å²) in [6.45, 7) is 0. The summed E-state index contributed by atoms with van der Waals surface area (Å²) in [6.07, 6.45) is 1.46. The molecule has 2 rings (SSSR count). The van der Waals surface area contributed by atoms with E-state index in [0.29, 0.717) is 11.5 Å². The van der Waals surface area contributed by atoms with Gasteiger partial charge >= 0.3 is 5.97 Å². The first kappa shape index (κ1) is 8.42. The Morgan fingerprint density at radius 3 is 2.93 bits per heavy atom. The van der Waals surface area contributed by atoms with Crippen molar-refractivity contribution in [3.63, 3.8) is 0 Å². The molecule has 0 aromatic carbocycles. The maximum absolute atomic E-state index is 10.5. The number of nitrogens with zero attached hydrogens (tertiary/aromatic N) is 4. The molecule has 7 heteroatoms. The van der Waals surface area contributed by atoms with Gasteiger partial charge in [0.2, 0.25) is 0 Å². The highest BCUT2D eigenvalue weighted by Crippen LogP contribution is 2.17. The normalized spacial score (nSPS) is 10.4. The Morgan fingerprint density at radius 1 is 1.64 bits per heavy atom. The Hall–Kier alpha value is -2.18. The summed E-state index contributed by atoms with van der Waals surface area (Å²) in [5.41, 5.74) is 0.436. The molecule has 0 aliphatic rings. The van der Waals surface area contributed by atoms with Gasteiger partial charge in [-0.1, -0.05) is 10.4 Å². The van der Waals surface area contributed by atoms with Gasteiger partial charge in [-0.3, -0.25) is 0 Å². The van der Waals surface area contributed by atoms with Gasteiger partial charge in [0, 0.05) is 13.1 Å². The van der Waals surface area contributed by atoms with E-state index in [0.717, 1.165) is 0 Å². The lowest BCUT2D eigenvalue weighted by molar-refractivity contribution is 0.0686. The van der Waals surface area contributed by atoms with Crippen LogP contribution in [0.5, 0.6) is 0 Å². The van der Waals surface area contributed by atoms with Crippen LogP contribution in [0.15, 0.2) is 16.8 Å². The van der Waals surface area contributed by atoms with E-state index in [4.69, 9.17) is 9.63 Å². The smallest absolute Gasteiger partial charge is 0.358 e. The lowest BCUT2D eigenvalue weighted by Gasteiger charge is -1.91. The number of carboxylic acid groups (broad SMARTS) is 1. The predicted molar refractivity (Wildman–Crippen MR) is 43.5 cm³/mol. The molecule has 0 aliphatic heterocycles. The highest BCUT2D eigenvalue weighted by atomic mass is 16.5. The molecule has 0 unspecified atom stereocenters. The summed E-state index contributed by atoms with van der Waals surface area (Å²) in [5.74, 6) is -0.801. The third kappa shape index (κ3) is 1.24. The van der Waals surface area contributed by atoms with Crippen molar-refractivity contribution in [1.29, 1.82) is 0 Å². The average molecular weight is 194 g/mol. The van der Waals surface area contributed by atoms with E-state index in [1.165, 1.54) is 16.9 Å². The molecule has 1 N–H and O–H groups in total. The molecule has 0 bridgehead atoms. The van der Waals surface area contributed by atoms with Crippen molar-refractivity contribution >= 4 is 5.97 Å². The van der Waals surface area contributed by atoms with Gasteiger partial charge in [0.15, 0.2) is 11.5 Å². The molecular formula is C7H6N4O3. The average Bonchev–Trinajstić information content (AvgIpc) is 2.71. The first-order valence-corrected chi connectivity index (χ1v) is 3.73. The predicted octanol–water partition coefficient (Wildman–Crippen LogP) is 0.168. The van der Waals surface area contributed by atoms with E-state index in [2.05, 4.69) is 15.5 Å². The van der Waals surface area contributed by atoms with Crippen molar-refractivity contribution in [3.8, 4) is 11.5 Å². The third-order valence-electron chi connectivity index (χ3n) is 1.70. The number of aromatic nitrogens is 4. The minimum absolute atomic E-state index is 0.138. The maximum Gasteiger partial charge on any atom is 0.358 e. The Balaban J connectivity index is 2.43. The number of hydrogen-bond acceptors (Lipinski definition) is 5.